The van der Waals surface area contributed by atoms with Crippen molar-refractivity contribution in [3.63, 3.8) is 0 Å². The molecule has 0 spiro atoms. The van der Waals surface area contributed by atoms with E-state index >= 15 is 0 Å². The number of carbonyl (C=O) groups excluding carboxylic acids is 1. The number of hydrogen-bond acceptors (Lipinski definition) is 3. The number of carbonyl (C=O) groups is 1. The van der Waals surface area contributed by atoms with E-state index in [0.29, 0.717) is 31.1 Å². The minimum Gasteiger partial charge on any atom is -0.375 e. The van der Waals surface area contributed by atoms with Gasteiger partial charge in [-0.3, -0.25) is 4.79 Å². The molecule has 1 heterocycles. The van der Waals surface area contributed by atoms with Gasteiger partial charge in [0.2, 0.25) is 5.92 Å². The lowest BCUT2D eigenvalue weighted by molar-refractivity contribution is -0.162. The predicted molar refractivity (Wildman–Crippen MR) is 95.6 cm³/mol. The molecule has 0 bridgehead atoms. The molecule has 1 amide bonds. The molecule has 2 aliphatic rings. The molecule has 1 saturated heterocycles. The number of piperidine rings is 1. The fraction of sp³-hybridized carbons (Fsp3) is 0.650. The monoisotopic (exact) mass is 366 g/mol. The lowest BCUT2D eigenvalue weighted by Gasteiger charge is -2.40. The van der Waals surface area contributed by atoms with Crippen LogP contribution >= 0.6 is 0 Å². The van der Waals surface area contributed by atoms with Gasteiger partial charge in [0.05, 0.1) is 0 Å². The van der Waals surface area contributed by atoms with Gasteiger partial charge in [-0.05, 0) is 43.7 Å². The third-order valence-electron chi connectivity index (χ3n) is 6.01. The lowest BCUT2D eigenvalue weighted by Crippen LogP contribution is -2.53. The summed E-state index contributed by atoms with van der Waals surface area (Å²) >= 11 is 0. The van der Waals surface area contributed by atoms with E-state index in [1.807, 2.05) is 0 Å². The van der Waals surface area contributed by atoms with E-state index in [1.165, 1.54) is 0 Å². The third kappa shape index (κ3) is 3.76. The van der Waals surface area contributed by atoms with Crippen molar-refractivity contribution >= 4 is 5.91 Å². The second-order valence-electron chi connectivity index (χ2n) is 7.74. The average molecular weight is 366 g/mol. The van der Waals surface area contributed by atoms with Crippen LogP contribution in [0.1, 0.15) is 44.1 Å². The molecule has 2 fully saturated rings. The molecule has 1 aliphatic heterocycles. The maximum Gasteiger partial charge on any atom is 0.259 e. The molecule has 0 aromatic heterocycles. The van der Waals surface area contributed by atoms with Gasteiger partial charge in [-0.2, -0.15) is 0 Å². The topological polar surface area (TPSA) is 66.6 Å². The summed E-state index contributed by atoms with van der Waals surface area (Å²) in [7, 11) is 0. The molecule has 3 rings (SSSR count). The highest BCUT2D eigenvalue weighted by atomic mass is 19.3. The second kappa shape index (κ2) is 7.61. The first-order chi connectivity index (χ1) is 12.4. The molecule has 6 heteroatoms. The van der Waals surface area contributed by atoms with Crippen LogP contribution in [-0.4, -0.2) is 41.5 Å². The molecule has 1 aliphatic carbocycles. The fourth-order valence-electron chi connectivity index (χ4n) is 4.43. The van der Waals surface area contributed by atoms with Crippen molar-refractivity contribution in [3.05, 3.63) is 35.9 Å². The Morgan fingerprint density at radius 2 is 1.88 bits per heavy atom. The van der Waals surface area contributed by atoms with Gasteiger partial charge < -0.3 is 15.7 Å². The molecular formula is C20H28F2N2O2. The fourth-order valence-corrected chi connectivity index (χ4v) is 4.43. The normalized spacial score (nSPS) is 25.8. The third-order valence-corrected chi connectivity index (χ3v) is 6.01. The Labute approximate surface area is 153 Å². The Bertz CT molecular complexity index is 617. The molecular weight excluding hydrogens is 338 g/mol. The van der Waals surface area contributed by atoms with Gasteiger partial charge in [-0.1, -0.05) is 30.3 Å². The van der Waals surface area contributed by atoms with E-state index in [2.05, 4.69) is 0 Å². The molecule has 4 nitrogen and oxygen atoms in total. The van der Waals surface area contributed by atoms with Gasteiger partial charge in [-0.25, -0.2) is 8.78 Å². The summed E-state index contributed by atoms with van der Waals surface area (Å²) in [4.78, 5) is 14.9. The summed E-state index contributed by atoms with van der Waals surface area (Å²) in [6.07, 6.45) is 2.03. The molecule has 144 valence electrons. The Morgan fingerprint density at radius 3 is 2.42 bits per heavy atom. The summed E-state index contributed by atoms with van der Waals surface area (Å²) in [5.41, 5.74) is 4.14. The Morgan fingerprint density at radius 1 is 1.23 bits per heavy atom. The van der Waals surface area contributed by atoms with Gasteiger partial charge in [0, 0.05) is 31.8 Å². The first-order valence-corrected chi connectivity index (χ1v) is 9.52. The van der Waals surface area contributed by atoms with E-state index in [9.17, 15) is 18.7 Å². The second-order valence-corrected chi connectivity index (χ2v) is 7.74. The van der Waals surface area contributed by atoms with Gasteiger partial charge >= 0.3 is 0 Å². The zero-order valence-electron chi connectivity index (χ0n) is 15.0. The molecule has 1 aromatic carbocycles. The van der Waals surface area contributed by atoms with Crippen molar-refractivity contribution < 1.29 is 18.7 Å². The first kappa shape index (κ1) is 19.2. The van der Waals surface area contributed by atoms with Crippen LogP contribution in [0.5, 0.6) is 0 Å². The van der Waals surface area contributed by atoms with Crippen LogP contribution in [0, 0.1) is 11.8 Å². The lowest BCUT2D eigenvalue weighted by atomic mass is 9.78. The van der Waals surface area contributed by atoms with Crippen LogP contribution in [0.2, 0.25) is 0 Å². The van der Waals surface area contributed by atoms with E-state index in [4.69, 9.17) is 5.73 Å². The van der Waals surface area contributed by atoms with Crippen molar-refractivity contribution in [1.29, 1.82) is 0 Å². The molecule has 2 atom stereocenters. The number of amides is 1. The van der Waals surface area contributed by atoms with Crippen LogP contribution in [0.25, 0.3) is 0 Å². The summed E-state index contributed by atoms with van der Waals surface area (Å²) in [5.74, 6) is -3.53. The molecule has 1 aromatic rings. The molecule has 3 N–H and O–H groups in total. The first-order valence-electron chi connectivity index (χ1n) is 9.52. The highest BCUT2D eigenvalue weighted by molar-refractivity contribution is 5.87. The quantitative estimate of drug-likeness (QED) is 0.842. The highest BCUT2D eigenvalue weighted by Gasteiger charge is 2.54. The summed E-state index contributed by atoms with van der Waals surface area (Å²) in [5, 5.41) is 11.5. The smallest absolute Gasteiger partial charge is 0.259 e. The van der Waals surface area contributed by atoms with Gasteiger partial charge in [0.25, 0.3) is 5.91 Å². The predicted octanol–water partition coefficient (Wildman–Crippen LogP) is 2.90. The SMILES string of the molecule is NCCC1CCN(C(=O)C(O)(c2ccccc2)C2CCC(F)(F)C2)CC1. The Balaban J connectivity index is 1.83. The number of nitrogens with zero attached hydrogens (tertiary/aromatic N) is 1. The number of nitrogens with two attached hydrogens (primary N) is 1. The van der Waals surface area contributed by atoms with Crippen LogP contribution in [-0.2, 0) is 10.4 Å². The van der Waals surface area contributed by atoms with E-state index < -0.39 is 29.8 Å². The van der Waals surface area contributed by atoms with Crippen molar-refractivity contribution in [2.75, 3.05) is 19.6 Å². The number of rotatable bonds is 5. The van der Waals surface area contributed by atoms with Crippen molar-refractivity contribution in [2.24, 2.45) is 17.6 Å². The zero-order valence-corrected chi connectivity index (χ0v) is 15.0. The van der Waals surface area contributed by atoms with E-state index in [1.54, 1.807) is 35.2 Å². The van der Waals surface area contributed by atoms with E-state index in [-0.39, 0.29) is 12.8 Å². The summed E-state index contributed by atoms with van der Waals surface area (Å²) in [6, 6.07) is 8.57. The van der Waals surface area contributed by atoms with Crippen LogP contribution in [0.4, 0.5) is 8.78 Å². The van der Waals surface area contributed by atoms with Crippen molar-refractivity contribution in [3.8, 4) is 0 Å². The van der Waals surface area contributed by atoms with E-state index in [0.717, 1.165) is 19.3 Å². The standard InChI is InChI=1S/C20H28F2N2O2/c21-19(22)10-6-17(14-19)20(26,16-4-2-1-3-5-16)18(25)24-12-8-15(7-11-23)9-13-24/h1-5,15,17,26H,6-14,23H2. The molecule has 1 saturated carbocycles. The summed E-state index contributed by atoms with van der Waals surface area (Å²) < 4.78 is 27.7. The van der Waals surface area contributed by atoms with Gasteiger partial charge in [-0.15, -0.1) is 0 Å². The van der Waals surface area contributed by atoms with Crippen molar-refractivity contribution in [2.45, 2.75) is 50.0 Å². The Hall–Kier alpha value is -1.53. The summed E-state index contributed by atoms with van der Waals surface area (Å²) in [6.45, 7) is 1.72. The highest BCUT2D eigenvalue weighted by Crippen LogP contribution is 2.48. The molecule has 0 radical (unpaired) electrons. The number of aliphatic hydroxyl groups is 1. The number of likely N-dealkylation sites (tertiary alicyclic amines) is 1. The molecule has 2 unspecified atom stereocenters. The largest absolute Gasteiger partial charge is 0.375 e. The van der Waals surface area contributed by atoms with Gasteiger partial charge in [0.15, 0.2) is 5.60 Å². The van der Waals surface area contributed by atoms with Crippen molar-refractivity contribution in [1.82, 2.24) is 4.90 Å². The Kier molecular flexibility index (Phi) is 5.63. The maximum absolute atomic E-state index is 13.8. The average Bonchev–Trinajstić information content (AvgIpc) is 3.02. The number of alkyl halides is 2. The number of benzene rings is 1. The van der Waals surface area contributed by atoms with Crippen LogP contribution in [0.15, 0.2) is 30.3 Å². The minimum atomic E-state index is -2.82. The molecule has 26 heavy (non-hydrogen) atoms. The number of hydrogen-bond donors (Lipinski definition) is 2. The minimum absolute atomic E-state index is 0.147. The zero-order chi connectivity index (χ0) is 18.8. The number of halogens is 2. The van der Waals surface area contributed by atoms with Crippen LogP contribution in [0.3, 0.4) is 0 Å². The maximum atomic E-state index is 13.8. The van der Waals surface area contributed by atoms with Crippen LogP contribution < -0.4 is 5.73 Å². The van der Waals surface area contributed by atoms with Gasteiger partial charge in [0.1, 0.15) is 0 Å².